The minimum absolute atomic E-state index is 0.207. The fourth-order valence-corrected chi connectivity index (χ4v) is 5.11. The van der Waals surface area contributed by atoms with E-state index in [-0.39, 0.29) is 5.91 Å². The van der Waals surface area contributed by atoms with E-state index in [9.17, 15) is 4.79 Å². The number of nitrogens with zero attached hydrogens (tertiary/aromatic N) is 4. The molecule has 1 amide bonds. The molecular weight excluding hydrogens is 312 g/mol. The zero-order valence-corrected chi connectivity index (χ0v) is 15.1. The maximum Gasteiger partial charge on any atom is 0.256 e. The lowest BCUT2D eigenvalue weighted by atomic mass is 9.83. The summed E-state index contributed by atoms with van der Waals surface area (Å²) in [4.78, 5) is 23.0. The normalized spacial score (nSPS) is 28.8. The van der Waals surface area contributed by atoms with Crippen LogP contribution < -0.4 is 0 Å². The molecule has 1 atom stereocenters. The number of aromatic nitrogens is 2. The first-order valence-electron chi connectivity index (χ1n) is 9.66. The minimum atomic E-state index is 0.207. The summed E-state index contributed by atoms with van der Waals surface area (Å²) >= 11 is 0. The lowest BCUT2D eigenvalue weighted by Crippen LogP contribution is -2.58. The third-order valence-corrected chi connectivity index (χ3v) is 6.39. The van der Waals surface area contributed by atoms with Crippen molar-refractivity contribution in [3.63, 3.8) is 0 Å². The Morgan fingerprint density at radius 2 is 1.92 bits per heavy atom. The van der Waals surface area contributed by atoms with Gasteiger partial charge in [-0.3, -0.25) is 4.79 Å². The number of carbonyl (C=O) groups excluding carboxylic acids is 1. The number of piperidine rings is 3. The number of amides is 1. The highest BCUT2D eigenvalue weighted by molar-refractivity contribution is 6.05. The standard InChI is InChI=1S/C20H26N4O/c1-13(2)19-21-16-5-3-4-15-18(16)24(19)11-10-23(20(15)25)17-12-22-8-6-14(17)7-9-22/h3-5,13-14,17H,6-12H2,1-2H3/t17-/m1/s1. The van der Waals surface area contributed by atoms with Crippen LogP contribution >= 0.6 is 0 Å². The van der Waals surface area contributed by atoms with Gasteiger partial charge in [0.05, 0.1) is 16.6 Å². The molecule has 3 saturated heterocycles. The highest BCUT2D eigenvalue weighted by atomic mass is 16.2. The molecule has 2 aromatic rings. The first-order chi connectivity index (χ1) is 12.1. The zero-order chi connectivity index (χ0) is 17.1. The first-order valence-corrected chi connectivity index (χ1v) is 9.66. The molecule has 1 aromatic carbocycles. The van der Waals surface area contributed by atoms with E-state index in [0.29, 0.717) is 17.9 Å². The predicted octanol–water partition coefficient (Wildman–Crippen LogP) is 2.71. The molecule has 25 heavy (non-hydrogen) atoms. The second-order valence-electron chi connectivity index (χ2n) is 8.15. The van der Waals surface area contributed by atoms with Crippen molar-refractivity contribution in [1.82, 2.24) is 19.4 Å². The topological polar surface area (TPSA) is 41.4 Å². The lowest BCUT2D eigenvalue weighted by molar-refractivity contribution is 0.00720. The summed E-state index contributed by atoms with van der Waals surface area (Å²) < 4.78 is 2.30. The van der Waals surface area contributed by atoms with Crippen LogP contribution in [0.2, 0.25) is 0 Å². The van der Waals surface area contributed by atoms with E-state index in [1.807, 2.05) is 18.2 Å². The lowest BCUT2D eigenvalue weighted by Gasteiger charge is -2.48. The molecule has 132 valence electrons. The Hall–Kier alpha value is -1.88. The van der Waals surface area contributed by atoms with E-state index in [0.717, 1.165) is 42.1 Å². The summed E-state index contributed by atoms with van der Waals surface area (Å²) in [5, 5.41) is 0. The number of benzene rings is 1. The third-order valence-electron chi connectivity index (χ3n) is 6.39. The molecule has 1 aromatic heterocycles. The number of imidazole rings is 1. The highest BCUT2D eigenvalue weighted by Crippen LogP contribution is 2.34. The summed E-state index contributed by atoms with van der Waals surface area (Å²) in [5.74, 6) is 2.34. The fraction of sp³-hybridized carbons (Fsp3) is 0.600. The molecular formula is C20H26N4O. The monoisotopic (exact) mass is 338 g/mol. The van der Waals surface area contributed by atoms with Crippen LogP contribution in [0.4, 0.5) is 0 Å². The van der Waals surface area contributed by atoms with E-state index in [1.165, 1.54) is 25.9 Å². The zero-order valence-electron chi connectivity index (χ0n) is 15.1. The summed E-state index contributed by atoms with van der Waals surface area (Å²) in [6.07, 6.45) is 2.48. The Morgan fingerprint density at radius 3 is 2.60 bits per heavy atom. The average molecular weight is 338 g/mol. The van der Waals surface area contributed by atoms with Gasteiger partial charge < -0.3 is 14.4 Å². The molecule has 2 bridgehead atoms. The number of hydrogen-bond donors (Lipinski definition) is 0. The smallest absolute Gasteiger partial charge is 0.256 e. The van der Waals surface area contributed by atoms with Crippen LogP contribution in [-0.4, -0.2) is 57.5 Å². The van der Waals surface area contributed by atoms with Gasteiger partial charge in [-0.25, -0.2) is 4.98 Å². The minimum Gasteiger partial charge on any atom is -0.332 e. The SMILES string of the molecule is CC(C)c1nc2cccc3c2n1CCN([C@@H]1CN2CCC1CC2)C3=O. The van der Waals surface area contributed by atoms with Gasteiger partial charge in [0.1, 0.15) is 5.82 Å². The number of carbonyl (C=O) groups is 1. The van der Waals surface area contributed by atoms with Crippen molar-refractivity contribution in [1.29, 1.82) is 0 Å². The van der Waals surface area contributed by atoms with Gasteiger partial charge in [0.2, 0.25) is 0 Å². The van der Waals surface area contributed by atoms with Crippen LogP contribution in [0, 0.1) is 5.92 Å². The van der Waals surface area contributed by atoms with E-state index in [1.54, 1.807) is 0 Å². The number of rotatable bonds is 2. The van der Waals surface area contributed by atoms with Crippen LogP contribution in [0.1, 0.15) is 48.8 Å². The molecule has 4 aliphatic heterocycles. The van der Waals surface area contributed by atoms with E-state index >= 15 is 0 Å². The fourth-order valence-electron chi connectivity index (χ4n) is 5.11. The van der Waals surface area contributed by atoms with Crippen LogP contribution in [-0.2, 0) is 6.54 Å². The summed E-state index contributed by atoms with van der Waals surface area (Å²) in [6.45, 7) is 9.49. The van der Waals surface area contributed by atoms with Gasteiger partial charge >= 0.3 is 0 Å². The Labute approximate surface area is 148 Å². The average Bonchev–Trinajstić information content (AvgIpc) is 2.94. The largest absolute Gasteiger partial charge is 0.332 e. The Balaban J connectivity index is 1.59. The number of hydrogen-bond acceptors (Lipinski definition) is 3. The molecule has 5 heteroatoms. The summed E-state index contributed by atoms with van der Waals surface area (Å²) in [7, 11) is 0. The Kier molecular flexibility index (Phi) is 3.42. The molecule has 0 unspecified atom stereocenters. The first kappa shape index (κ1) is 15.4. The molecule has 5 heterocycles. The van der Waals surface area contributed by atoms with E-state index in [4.69, 9.17) is 4.98 Å². The van der Waals surface area contributed by atoms with Crippen molar-refractivity contribution in [2.24, 2.45) is 5.92 Å². The van der Waals surface area contributed by atoms with Gasteiger partial charge in [-0.05, 0) is 44.0 Å². The van der Waals surface area contributed by atoms with Gasteiger partial charge in [0.25, 0.3) is 5.91 Å². The molecule has 4 aliphatic rings. The van der Waals surface area contributed by atoms with Crippen molar-refractivity contribution in [3.05, 3.63) is 29.6 Å². The van der Waals surface area contributed by atoms with E-state index < -0.39 is 0 Å². The molecule has 0 radical (unpaired) electrons. The van der Waals surface area contributed by atoms with Crippen LogP contribution in [0.15, 0.2) is 18.2 Å². The maximum atomic E-state index is 13.4. The van der Waals surface area contributed by atoms with Gasteiger partial charge in [-0.2, -0.15) is 0 Å². The van der Waals surface area contributed by atoms with Crippen LogP contribution in [0.25, 0.3) is 11.0 Å². The Morgan fingerprint density at radius 1 is 1.12 bits per heavy atom. The molecule has 3 fully saturated rings. The van der Waals surface area contributed by atoms with Crippen molar-refractivity contribution >= 4 is 16.9 Å². The van der Waals surface area contributed by atoms with Gasteiger partial charge in [0.15, 0.2) is 0 Å². The van der Waals surface area contributed by atoms with Crippen molar-refractivity contribution in [2.75, 3.05) is 26.2 Å². The van der Waals surface area contributed by atoms with Crippen LogP contribution in [0.5, 0.6) is 0 Å². The highest BCUT2D eigenvalue weighted by Gasteiger charge is 2.40. The molecule has 5 nitrogen and oxygen atoms in total. The van der Waals surface area contributed by atoms with Gasteiger partial charge in [0, 0.05) is 31.6 Å². The van der Waals surface area contributed by atoms with Crippen molar-refractivity contribution in [2.45, 2.75) is 45.2 Å². The van der Waals surface area contributed by atoms with Crippen LogP contribution in [0.3, 0.4) is 0 Å². The quantitative estimate of drug-likeness (QED) is 0.845. The van der Waals surface area contributed by atoms with Gasteiger partial charge in [-0.15, -0.1) is 0 Å². The number of para-hydroxylation sites is 1. The van der Waals surface area contributed by atoms with Gasteiger partial charge in [-0.1, -0.05) is 19.9 Å². The molecule has 0 spiro atoms. The predicted molar refractivity (Wildman–Crippen MR) is 97.8 cm³/mol. The second-order valence-corrected chi connectivity index (χ2v) is 8.15. The third kappa shape index (κ3) is 2.25. The summed E-state index contributed by atoms with van der Waals surface area (Å²) in [5.41, 5.74) is 2.84. The van der Waals surface area contributed by atoms with Crippen molar-refractivity contribution < 1.29 is 4.79 Å². The maximum absolute atomic E-state index is 13.4. The van der Waals surface area contributed by atoms with Crippen molar-refractivity contribution in [3.8, 4) is 0 Å². The Bertz CT molecular complexity index is 832. The molecule has 0 saturated carbocycles. The molecule has 6 rings (SSSR count). The second kappa shape index (κ2) is 5.56. The number of fused-ring (bicyclic) bond motifs is 3. The molecule has 0 N–H and O–H groups in total. The molecule has 0 aliphatic carbocycles. The van der Waals surface area contributed by atoms with E-state index in [2.05, 4.69) is 28.2 Å². The summed E-state index contributed by atoms with van der Waals surface area (Å²) in [6, 6.07) is 6.40.